The lowest BCUT2D eigenvalue weighted by Gasteiger charge is -2.19. The first-order valence-electron chi connectivity index (χ1n) is 6.76. The Kier molecular flexibility index (Phi) is 5.06. The van der Waals surface area contributed by atoms with Crippen molar-refractivity contribution in [2.24, 2.45) is 0 Å². The van der Waals surface area contributed by atoms with Gasteiger partial charge in [-0.05, 0) is 24.1 Å². The van der Waals surface area contributed by atoms with Gasteiger partial charge in [0.15, 0.2) is 11.5 Å². The van der Waals surface area contributed by atoms with Gasteiger partial charge < -0.3 is 25.2 Å². The summed E-state index contributed by atoms with van der Waals surface area (Å²) in [4.78, 5) is 11.6. The van der Waals surface area contributed by atoms with Crippen LogP contribution in [-0.2, 0) is 6.54 Å². The highest BCUT2D eigenvalue weighted by atomic mass is 16.6. The van der Waals surface area contributed by atoms with Gasteiger partial charge in [0.2, 0.25) is 0 Å². The molecule has 6 nitrogen and oxygen atoms in total. The number of nitrogens with one attached hydrogen (secondary N) is 2. The lowest BCUT2D eigenvalue weighted by atomic mass is 10.2. The number of rotatable bonds is 5. The van der Waals surface area contributed by atoms with Crippen LogP contribution < -0.4 is 20.1 Å². The zero-order valence-corrected chi connectivity index (χ0v) is 11.5. The molecule has 2 rings (SSSR count). The lowest BCUT2D eigenvalue weighted by molar-refractivity contribution is 0.171. The van der Waals surface area contributed by atoms with Crippen LogP contribution in [0.5, 0.6) is 11.5 Å². The van der Waals surface area contributed by atoms with Crippen LogP contribution in [0.3, 0.4) is 0 Å². The maximum absolute atomic E-state index is 11.6. The van der Waals surface area contributed by atoms with Crippen LogP contribution in [0.2, 0.25) is 0 Å². The molecule has 0 saturated carbocycles. The number of aliphatic hydroxyl groups is 1. The van der Waals surface area contributed by atoms with Gasteiger partial charge in [0.05, 0.1) is 12.6 Å². The SMILES string of the molecule is CC[C@H](CO)NC(=O)NCc1ccc2c(c1)OCCO2. The fourth-order valence-electron chi connectivity index (χ4n) is 1.89. The summed E-state index contributed by atoms with van der Waals surface area (Å²) in [6, 6.07) is 5.08. The summed E-state index contributed by atoms with van der Waals surface area (Å²) in [7, 11) is 0. The van der Waals surface area contributed by atoms with Crippen molar-refractivity contribution in [2.75, 3.05) is 19.8 Å². The molecule has 3 N–H and O–H groups in total. The molecule has 0 aliphatic carbocycles. The molecule has 2 amide bonds. The van der Waals surface area contributed by atoms with E-state index in [1.165, 1.54) is 0 Å². The third-order valence-corrected chi connectivity index (χ3v) is 3.11. The predicted octanol–water partition coefficient (Wildman–Crippen LogP) is 1.03. The molecule has 1 atom stereocenters. The molecular formula is C14H20N2O4. The topological polar surface area (TPSA) is 79.8 Å². The number of hydrogen-bond acceptors (Lipinski definition) is 4. The monoisotopic (exact) mass is 280 g/mol. The normalized spacial score (nSPS) is 14.5. The summed E-state index contributed by atoms with van der Waals surface area (Å²) >= 11 is 0. The Morgan fingerprint density at radius 1 is 1.35 bits per heavy atom. The fraction of sp³-hybridized carbons (Fsp3) is 0.500. The number of fused-ring (bicyclic) bond motifs is 1. The van der Waals surface area contributed by atoms with E-state index in [0.29, 0.717) is 31.9 Å². The number of urea groups is 1. The van der Waals surface area contributed by atoms with E-state index in [4.69, 9.17) is 14.6 Å². The zero-order valence-electron chi connectivity index (χ0n) is 11.5. The second kappa shape index (κ2) is 7.00. The molecule has 0 bridgehead atoms. The van der Waals surface area contributed by atoms with Crippen molar-refractivity contribution in [1.82, 2.24) is 10.6 Å². The quantitative estimate of drug-likeness (QED) is 0.752. The second-order valence-electron chi connectivity index (χ2n) is 4.59. The van der Waals surface area contributed by atoms with Gasteiger partial charge in [-0.1, -0.05) is 13.0 Å². The van der Waals surface area contributed by atoms with Crippen LogP contribution in [0.15, 0.2) is 18.2 Å². The van der Waals surface area contributed by atoms with Crippen LogP contribution in [0.1, 0.15) is 18.9 Å². The van der Waals surface area contributed by atoms with Crippen molar-refractivity contribution in [3.05, 3.63) is 23.8 Å². The lowest BCUT2D eigenvalue weighted by Crippen LogP contribution is -2.43. The standard InChI is InChI=1S/C14H20N2O4/c1-2-11(9-17)16-14(18)15-8-10-3-4-12-13(7-10)20-6-5-19-12/h3-4,7,11,17H,2,5-6,8-9H2,1H3,(H2,15,16,18)/t11-/m1/s1. The zero-order chi connectivity index (χ0) is 14.4. The molecule has 1 aliphatic heterocycles. The number of hydrogen-bond donors (Lipinski definition) is 3. The van der Waals surface area contributed by atoms with Crippen molar-refractivity contribution in [3.63, 3.8) is 0 Å². The van der Waals surface area contributed by atoms with Gasteiger partial charge >= 0.3 is 6.03 Å². The number of carbonyl (C=O) groups is 1. The van der Waals surface area contributed by atoms with Crippen molar-refractivity contribution in [2.45, 2.75) is 25.9 Å². The van der Waals surface area contributed by atoms with Gasteiger partial charge in [0.1, 0.15) is 13.2 Å². The molecule has 0 aromatic heterocycles. The van der Waals surface area contributed by atoms with Crippen molar-refractivity contribution in [1.29, 1.82) is 0 Å². The van der Waals surface area contributed by atoms with E-state index in [9.17, 15) is 4.79 Å². The molecular weight excluding hydrogens is 260 g/mol. The summed E-state index contributed by atoms with van der Waals surface area (Å²) in [6.07, 6.45) is 0.688. The van der Waals surface area contributed by atoms with Crippen LogP contribution in [0.25, 0.3) is 0 Å². The van der Waals surface area contributed by atoms with Crippen LogP contribution in [-0.4, -0.2) is 37.0 Å². The molecule has 1 heterocycles. The first-order valence-corrected chi connectivity index (χ1v) is 6.76. The largest absolute Gasteiger partial charge is 0.486 e. The van der Waals surface area contributed by atoms with E-state index < -0.39 is 0 Å². The molecule has 0 spiro atoms. The molecule has 6 heteroatoms. The van der Waals surface area contributed by atoms with Crippen LogP contribution >= 0.6 is 0 Å². The van der Waals surface area contributed by atoms with Gasteiger partial charge in [-0.25, -0.2) is 4.79 Å². The highest BCUT2D eigenvalue weighted by molar-refractivity contribution is 5.74. The minimum atomic E-state index is -0.291. The van der Waals surface area contributed by atoms with Crippen LogP contribution in [0.4, 0.5) is 4.79 Å². The number of ether oxygens (including phenoxy) is 2. The molecule has 1 aliphatic rings. The van der Waals surface area contributed by atoms with E-state index in [0.717, 1.165) is 11.3 Å². The van der Waals surface area contributed by atoms with Gasteiger partial charge in [0, 0.05) is 6.54 Å². The summed E-state index contributed by atoms with van der Waals surface area (Å²) < 4.78 is 10.9. The van der Waals surface area contributed by atoms with Gasteiger partial charge in [0.25, 0.3) is 0 Å². The van der Waals surface area contributed by atoms with Crippen molar-refractivity contribution in [3.8, 4) is 11.5 Å². The van der Waals surface area contributed by atoms with Gasteiger partial charge in [-0.3, -0.25) is 0 Å². The minimum Gasteiger partial charge on any atom is -0.486 e. The second-order valence-corrected chi connectivity index (χ2v) is 4.59. The van der Waals surface area contributed by atoms with Crippen LogP contribution in [0, 0.1) is 0 Å². The molecule has 0 unspecified atom stereocenters. The molecule has 0 fully saturated rings. The van der Waals surface area contributed by atoms with E-state index >= 15 is 0 Å². The predicted molar refractivity (Wildman–Crippen MR) is 74.0 cm³/mol. The smallest absolute Gasteiger partial charge is 0.315 e. The number of benzene rings is 1. The molecule has 0 saturated heterocycles. The Morgan fingerprint density at radius 3 is 2.80 bits per heavy atom. The summed E-state index contributed by atoms with van der Waals surface area (Å²) in [5.41, 5.74) is 0.932. The average molecular weight is 280 g/mol. The first kappa shape index (κ1) is 14.5. The summed E-state index contributed by atoms with van der Waals surface area (Å²) in [5.74, 6) is 1.44. The number of amides is 2. The fourth-order valence-corrected chi connectivity index (χ4v) is 1.89. The third-order valence-electron chi connectivity index (χ3n) is 3.11. The number of aliphatic hydroxyl groups excluding tert-OH is 1. The Hall–Kier alpha value is -1.95. The highest BCUT2D eigenvalue weighted by Gasteiger charge is 2.12. The molecule has 20 heavy (non-hydrogen) atoms. The van der Waals surface area contributed by atoms with E-state index in [1.807, 2.05) is 25.1 Å². The Bertz CT molecular complexity index is 460. The first-order chi connectivity index (χ1) is 9.72. The Morgan fingerprint density at radius 2 is 2.10 bits per heavy atom. The molecule has 1 aromatic rings. The Labute approximate surface area is 118 Å². The molecule has 1 aromatic carbocycles. The van der Waals surface area contributed by atoms with E-state index in [2.05, 4.69) is 10.6 Å². The van der Waals surface area contributed by atoms with Crippen molar-refractivity contribution >= 4 is 6.03 Å². The Balaban J connectivity index is 1.86. The third kappa shape index (κ3) is 3.77. The number of carbonyl (C=O) groups excluding carboxylic acids is 1. The summed E-state index contributed by atoms with van der Waals surface area (Å²) in [6.45, 7) is 3.34. The van der Waals surface area contributed by atoms with E-state index in [-0.39, 0.29) is 18.7 Å². The minimum absolute atomic E-state index is 0.0616. The van der Waals surface area contributed by atoms with Crippen molar-refractivity contribution < 1.29 is 19.4 Å². The van der Waals surface area contributed by atoms with Gasteiger partial charge in [-0.15, -0.1) is 0 Å². The summed E-state index contributed by atoms with van der Waals surface area (Å²) in [5, 5.41) is 14.5. The molecule has 110 valence electrons. The van der Waals surface area contributed by atoms with Gasteiger partial charge in [-0.2, -0.15) is 0 Å². The maximum Gasteiger partial charge on any atom is 0.315 e. The highest BCUT2D eigenvalue weighted by Crippen LogP contribution is 2.30. The average Bonchev–Trinajstić information content (AvgIpc) is 2.50. The maximum atomic E-state index is 11.6. The molecule has 0 radical (unpaired) electrons. The van der Waals surface area contributed by atoms with E-state index in [1.54, 1.807) is 0 Å².